The molecular weight excluding hydrogens is 183 g/mol. The third-order valence-electron chi connectivity index (χ3n) is 1.26. The second-order valence-corrected chi connectivity index (χ2v) is 2.74. The van der Waals surface area contributed by atoms with Crippen LogP contribution < -0.4 is 0 Å². The van der Waals surface area contributed by atoms with Crippen molar-refractivity contribution >= 4 is 23.2 Å². The SMILES string of the molecule is ClCOCc1ccc(Cl)cc1. The zero-order valence-electron chi connectivity index (χ0n) is 5.89. The minimum Gasteiger partial charge on any atom is -0.361 e. The number of rotatable bonds is 3. The zero-order chi connectivity index (χ0) is 8.10. The van der Waals surface area contributed by atoms with Gasteiger partial charge < -0.3 is 4.74 Å². The molecular formula is C8H8Cl2O. The number of halogens is 2. The fraction of sp³-hybridized carbons (Fsp3) is 0.250. The molecule has 0 heterocycles. The normalized spacial score (nSPS) is 10.0. The lowest BCUT2D eigenvalue weighted by atomic mass is 10.2. The highest BCUT2D eigenvalue weighted by atomic mass is 35.5. The quantitative estimate of drug-likeness (QED) is 0.667. The molecule has 1 nitrogen and oxygen atoms in total. The summed E-state index contributed by atoms with van der Waals surface area (Å²) in [7, 11) is 0. The van der Waals surface area contributed by atoms with E-state index >= 15 is 0 Å². The Morgan fingerprint density at radius 3 is 2.36 bits per heavy atom. The molecule has 0 atom stereocenters. The summed E-state index contributed by atoms with van der Waals surface area (Å²) in [5.74, 6) is 0. The van der Waals surface area contributed by atoms with Crippen LogP contribution in [0, 0.1) is 0 Å². The summed E-state index contributed by atoms with van der Waals surface area (Å²) in [5, 5.41) is 0.736. The zero-order valence-corrected chi connectivity index (χ0v) is 7.40. The maximum atomic E-state index is 5.68. The number of hydrogen-bond donors (Lipinski definition) is 0. The van der Waals surface area contributed by atoms with Crippen LogP contribution in [0.5, 0.6) is 0 Å². The van der Waals surface area contributed by atoms with E-state index in [0.717, 1.165) is 10.6 Å². The lowest BCUT2D eigenvalue weighted by molar-refractivity contribution is 0.165. The van der Waals surface area contributed by atoms with E-state index in [1.807, 2.05) is 24.3 Å². The van der Waals surface area contributed by atoms with E-state index in [-0.39, 0.29) is 6.07 Å². The van der Waals surface area contributed by atoms with Gasteiger partial charge in [0.15, 0.2) is 0 Å². The third-order valence-corrected chi connectivity index (χ3v) is 1.67. The highest BCUT2D eigenvalue weighted by molar-refractivity contribution is 6.30. The van der Waals surface area contributed by atoms with E-state index < -0.39 is 0 Å². The number of alkyl halides is 1. The van der Waals surface area contributed by atoms with Gasteiger partial charge in [-0.15, -0.1) is 0 Å². The average molecular weight is 191 g/mol. The molecule has 0 spiro atoms. The molecule has 0 unspecified atom stereocenters. The molecule has 1 rings (SSSR count). The van der Waals surface area contributed by atoms with Crippen molar-refractivity contribution in [2.75, 3.05) is 6.07 Å². The number of ether oxygens (including phenoxy) is 1. The van der Waals surface area contributed by atoms with Crippen molar-refractivity contribution in [2.24, 2.45) is 0 Å². The van der Waals surface area contributed by atoms with Gasteiger partial charge in [0.2, 0.25) is 0 Å². The van der Waals surface area contributed by atoms with Crippen molar-refractivity contribution in [1.29, 1.82) is 0 Å². The molecule has 0 aliphatic carbocycles. The maximum absolute atomic E-state index is 5.68. The van der Waals surface area contributed by atoms with Crippen LogP contribution in [-0.4, -0.2) is 6.07 Å². The molecule has 1 aromatic carbocycles. The summed E-state index contributed by atoms with van der Waals surface area (Å²) in [5.41, 5.74) is 1.08. The smallest absolute Gasteiger partial charge is 0.121 e. The molecule has 0 fully saturated rings. The van der Waals surface area contributed by atoms with Gasteiger partial charge in [-0.1, -0.05) is 35.3 Å². The molecule has 0 aliphatic rings. The van der Waals surface area contributed by atoms with Crippen molar-refractivity contribution in [3.05, 3.63) is 34.9 Å². The molecule has 0 radical (unpaired) electrons. The van der Waals surface area contributed by atoms with Crippen LogP contribution in [0.1, 0.15) is 5.56 Å². The predicted molar refractivity (Wildman–Crippen MR) is 47.0 cm³/mol. The van der Waals surface area contributed by atoms with Crippen molar-refractivity contribution in [3.63, 3.8) is 0 Å². The molecule has 0 amide bonds. The highest BCUT2D eigenvalue weighted by Gasteiger charge is 1.91. The molecule has 0 N–H and O–H groups in total. The molecule has 0 aromatic heterocycles. The Labute approximate surface area is 75.9 Å². The van der Waals surface area contributed by atoms with Crippen molar-refractivity contribution in [3.8, 4) is 0 Å². The van der Waals surface area contributed by atoms with Crippen LogP contribution in [0.3, 0.4) is 0 Å². The number of benzene rings is 1. The third kappa shape index (κ3) is 3.10. The van der Waals surface area contributed by atoms with Crippen LogP contribution in [0.15, 0.2) is 24.3 Å². The van der Waals surface area contributed by atoms with Crippen LogP contribution in [-0.2, 0) is 11.3 Å². The topological polar surface area (TPSA) is 9.23 Å². The van der Waals surface area contributed by atoms with E-state index in [0.29, 0.717) is 6.61 Å². The van der Waals surface area contributed by atoms with E-state index in [4.69, 9.17) is 27.9 Å². The van der Waals surface area contributed by atoms with E-state index in [1.54, 1.807) is 0 Å². The fourth-order valence-electron chi connectivity index (χ4n) is 0.737. The molecule has 60 valence electrons. The Bertz CT molecular complexity index is 208. The summed E-state index contributed by atoms with van der Waals surface area (Å²) < 4.78 is 4.98. The van der Waals surface area contributed by atoms with E-state index in [1.165, 1.54) is 0 Å². The monoisotopic (exact) mass is 190 g/mol. The van der Waals surface area contributed by atoms with Gasteiger partial charge in [-0.25, -0.2) is 0 Å². The summed E-state index contributed by atoms with van der Waals surface area (Å²) >= 11 is 11.0. The maximum Gasteiger partial charge on any atom is 0.121 e. The first-order valence-corrected chi connectivity index (χ1v) is 4.12. The Kier molecular flexibility index (Phi) is 3.70. The average Bonchev–Trinajstić information content (AvgIpc) is 2.04. The number of hydrogen-bond acceptors (Lipinski definition) is 1. The first kappa shape index (κ1) is 8.85. The summed E-state index contributed by atoms with van der Waals surface area (Å²) in [4.78, 5) is 0. The van der Waals surface area contributed by atoms with Crippen molar-refractivity contribution < 1.29 is 4.74 Å². The molecule has 3 heteroatoms. The van der Waals surface area contributed by atoms with Gasteiger partial charge in [-0.05, 0) is 17.7 Å². The summed E-state index contributed by atoms with van der Waals surface area (Å²) in [6, 6.07) is 7.70. The molecule has 1 aromatic rings. The summed E-state index contributed by atoms with van der Waals surface area (Å²) in [6.07, 6.45) is 0. The van der Waals surface area contributed by atoms with E-state index in [2.05, 4.69) is 0 Å². The fourth-order valence-corrected chi connectivity index (χ4v) is 0.940. The Hall–Kier alpha value is -0.240. The largest absolute Gasteiger partial charge is 0.361 e. The molecule has 0 saturated carbocycles. The second-order valence-electron chi connectivity index (χ2n) is 2.08. The van der Waals surface area contributed by atoms with Gasteiger partial charge in [0.05, 0.1) is 6.61 Å². The lowest BCUT2D eigenvalue weighted by Gasteiger charge is -1.99. The molecule has 0 aliphatic heterocycles. The predicted octanol–water partition coefficient (Wildman–Crippen LogP) is 3.05. The van der Waals surface area contributed by atoms with Gasteiger partial charge in [0.1, 0.15) is 6.07 Å². The van der Waals surface area contributed by atoms with Crippen molar-refractivity contribution in [1.82, 2.24) is 0 Å². The minimum absolute atomic E-state index is 0.225. The van der Waals surface area contributed by atoms with Gasteiger partial charge in [-0.2, -0.15) is 0 Å². The first-order chi connectivity index (χ1) is 5.33. The van der Waals surface area contributed by atoms with Gasteiger partial charge >= 0.3 is 0 Å². The lowest BCUT2D eigenvalue weighted by Crippen LogP contribution is -1.88. The standard InChI is InChI=1S/C8H8Cl2O/c9-6-11-5-7-1-3-8(10)4-2-7/h1-4H,5-6H2. The highest BCUT2D eigenvalue weighted by Crippen LogP contribution is 2.10. The van der Waals surface area contributed by atoms with E-state index in [9.17, 15) is 0 Å². The van der Waals surface area contributed by atoms with Crippen LogP contribution in [0.4, 0.5) is 0 Å². The summed E-state index contributed by atoms with van der Waals surface area (Å²) in [6.45, 7) is 0.542. The van der Waals surface area contributed by atoms with Crippen molar-refractivity contribution in [2.45, 2.75) is 6.61 Å². The Balaban J connectivity index is 2.52. The van der Waals surface area contributed by atoms with Gasteiger partial charge in [0.25, 0.3) is 0 Å². The Morgan fingerprint density at radius 1 is 1.18 bits per heavy atom. The van der Waals surface area contributed by atoms with Crippen LogP contribution in [0.25, 0.3) is 0 Å². The second kappa shape index (κ2) is 4.60. The van der Waals surface area contributed by atoms with Gasteiger partial charge in [-0.3, -0.25) is 0 Å². The molecule has 0 saturated heterocycles. The molecule has 0 bridgehead atoms. The minimum atomic E-state index is 0.225. The van der Waals surface area contributed by atoms with Crippen LogP contribution in [0.2, 0.25) is 5.02 Å². The van der Waals surface area contributed by atoms with Gasteiger partial charge in [0, 0.05) is 5.02 Å². The Morgan fingerprint density at radius 2 is 1.82 bits per heavy atom. The first-order valence-electron chi connectivity index (χ1n) is 3.21. The molecule has 11 heavy (non-hydrogen) atoms. The van der Waals surface area contributed by atoms with Crippen LogP contribution >= 0.6 is 23.2 Å².